The average Bonchev–Trinajstić information content (AvgIpc) is 2.17. The monoisotopic (exact) mass is 291 g/mol. The second kappa shape index (κ2) is 4.49. The van der Waals surface area contributed by atoms with Crippen LogP contribution in [0.2, 0.25) is 0 Å². The standard InChI is InChI=1S/C11H12BrF2NO/c1-6-4-5-7(13)9(8(6)14)15-10(16)11(2,3)12/h4-5H,1-3H3,(H,15,16). The van der Waals surface area contributed by atoms with Gasteiger partial charge in [-0.1, -0.05) is 22.0 Å². The van der Waals surface area contributed by atoms with Gasteiger partial charge in [-0.25, -0.2) is 8.78 Å². The Morgan fingerprint density at radius 3 is 2.44 bits per heavy atom. The van der Waals surface area contributed by atoms with Crippen LogP contribution in [0.25, 0.3) is 0 Å². The minimum Gasteiger partial charge on any atom is -0.320 e. The second-order valence-corrected chi connectivity index (χ2v) is 5.96. The predicted octanol–water partition coefficient (Wildman–Crippen LogP) is 3.39. The molecule has 0 aliphatic carbocycles. The number of carbonyl (C=O) groups excluding carboxylic acids is 1. The van der Waals surface area contributed by atoms with Crippen LogP contribution in [0.5, 0.6) is 0 Å². The number of amides is 1. The van der Waals surface area contributed by atoms with Crippen molar-refractivity contribution in [1.29, 1.82) is 0 Å². The number of benzene rings is 1. The summed E-state index contributed by atoms with van der Waals surface area (Å²) < 4.78 is 26.0. The first kappa shape index (κ1) is 13.1. The van der Waals surface area contributed by atoms with Crippen molar-refractivity contribution in [3.05, 3.63) is 29.3 Å². The Kier molecular flexibility index (Phi) is 3.68. The maximum Gasteiger partial charge on any atom is 0.240 e. The fourth-order valence-electron chi connectivity index (χ4n) is 1.03. The van der Waals surface area contributed by atoms with E-state index in [1.807, 2.05) is 0 Å². The molecule has 0 aliphatic heterocycles. The molecule has 1 aromatic carbocycles. The van der Waals surface area contributed by atoms with Gasteiger partial charge < -0.3 is 5.32 Å². The van der Waals surface area contributed by atoms with Crippen LogP contribution in [-0.2, 0) is 4.79 Å². The Balaban J connectivity index is 3.07. The summed E-state index contributed by atoms with van der Waals surface area (Å²) in [5, 5.41) is 2.22. The van der Waals surface area contributed by atoms with Crippen LogP contribution >= 0.6 is 15.9 Å². The largest absolute Gasteiger partial charge is 0.320 e. The summed E-state index contributed by atoms with van der Waals surface area (Å²) in [5.74, 6) is -2.03. The first-order valence-corrected chi connectivity index (χ1v) is 5.47. The zero-order chi connectivity index (χ0) is 12.5. The number of anilines is 1. The molecule has 0 bridgehead atoms. The Labute approximate surface area is 101 Å². The predicted molar refractivity (Wildman–Crippen MR) is 62.7 cm³/mol. The van der Waals surface area contributed by atoms with Gasteiger partial charge in [0.15, 0.2) is 5.82 Å². The van der Waals surface area contributed by atoms with Crippen molar-refractivity contribution in [3.63, 3.8) is 0 Å². The summed E-state index contributed by atoms with van der Waals surface area (Å²) in [6.07, 6.45) is 0. The van der Waals surface area contributed by atoms with E-state index < -0.39 is 27.6 Å². The maximum absolute atomic E-state index is 13.5. The van der Waals surface area contributed by atoms with Crippen molar-refractivity contribution in [2.45, 2.75) is 25.1 Å². The smallest absolute Gasteiger partial charge is 0.240 e. The average molecular weight is 292 g/mol. The van der Waals surface area contributed by atoms with Gasteiger partial charge in [0.05, 0.1) is 4.32 Å². The summed E-state index contributed by atoms with van der Waals surface area (Å²) in [6.45, 7) is 4.69. The van der Waals surface area contributed by atoms with Crippen LogP contribution in [0.3, 0.4) is 0 Å². The van der Waals surface area contributed by atoms with Gasteiger partial charge in [-0.15, -0.1) is 0 Å². The topological polar surface area (TPSA) is 29.1 Å². The zero-order valence-electron chi connectivity index (χ0n) is 9.20. The molecule has 5 heteroatoms. The van der Waals surface area contributed by atoms with Crippen LogP contribution < -0.4 is 5.32 Å². The number of nitrogens with one attached hydrogen (secondary N) is 1. The maximum atomic E-state index is 13.5. The first-order valence-electron chi connectivity index (χ1n) is 4.68. The van der Waals surface area contributed by atoms with Crippen molar-refractivity contribution < 1.29 is 13.6 Å². The molecular weight excluding hydrogens is 280 g/mol. The van der Waals surface area contributed by atoms with E-state index in [1.54, 1.807) is 13.8 Å². The summed E-state index contributed by atoms with van der Waals surface area (Å²) in [4.78, 5) is 11.6. The Bertz CT molecular complexity index is 427. The third-order valence-corrected chi connectivity index (χ3v) is 2.42. The molecule has 0 aliphatic rings. The van der Waals surface area contributed by atoms with Crippen molar-refractivity contribution in [3.8, 4) is 0 Å². The van der Waals surface area contributed by atoms with E-state index >= 15 is 0 Å². The third-order valence-electron chi connectivity index (χ3n) is 2.06. The van der Waals surface area contributed by atoms with Gasteiger partial charge >= 0.3 is 0 Å². The van der Waals surface area contributed by atoms with E-state index in [-0.39, 0.29) is 5.56 Å². The number of rotatable bonds is 2. The second-order valence-electron chi connectivity index (χ2n) is 3.98. The Morgan fingerprint density at radius 1 is 1.38 bits per heavy atom. The SMILES string of the molecule is Cc1ccc(F)c(NC(=O)C(C)(C)Br)c1F. The number of hydrogen-bond acceptors (Lipinski definition) is 1. The lowest BCUT2D eigenvalue weighted by atomic mass is 10.1. The number of aryl methyl sites for hydroxylation is 1. The van der Waals surface area contributed by atoms with E-state index in [4.69, 9.17) is 0 Å². The molecule has 0 radical (unpaired) electrons. The highest BCUT2D eigenvalue weighted by molar-refractivity contribution is 9.10. The normalized spacial score (nSPS) is 11.4. The molecule has 0 heterocycles. The van der Waals surface area contributed by atoms with E-state index in [2.05, 4.69) is 21.2 Å². The Hall–Kier alpha value is -0.970. The molecule has 0 saturated carbocycles. The molecule has 1 N–H and O–H groups in total. The molecule has 88 valence electrons. The molecule has 2 nitrogen and oxygen atoms in total. The number of alkyl halides is 1. The molecule has 1 rings (SSSR count). The minimum atomic E-state index is -0.879. The summed E-state index contributed by atoms with van der Waals surface area (Å²) in [6, 6.07) is 2.44. The quantitative estimate of drug-likeness (QED) is 0.832. The van der Waals surface area contributed by atoms with Crippen molar-refractivity contribution in [2.75, 3.05) is 5.32 Å². The van der Waals surface area contributed by atoms with Crippen LogP contribution in [0.1, 0.15) is 19.4 Å². The van der Waals surface area contributed by atoms with Crippen molar-refractivity contribution >= 4 is 27.5 Å². The molecule has 0 saturated heterocycles. The number of halogens is 3. The molecule has 0 aromatic heterocycles. The van der Waals surface area contributed by atoms with Gasteiger partial charge in [-0.05, 0) is 32.4 Å². The van der Waals surface area contributed by atoms with E-state index in [1.165, 1.54) is 13.0 Å². The lowest BCUT2D eigenvalue weighted by molar-refractivity contribution is -0.117. The molecular formula is C11H12BrF2NO. The van der Waals surface area contributed by atoms with Gasteiger partial charge in [0.1, 0.15) is 11.5 Å². The zero-order valence-corrected chi connectivity index (χ0v) is 10.8. The van der Waals surface area contributed by atoms with Gasteiger partial charge in [0, 0.05) is 0 Å². The summed E-state index contributed by atoms with van der Waals surface area (Å²) >= 11 is 3.11. The van der Waals surface area contributed by atoms with Gasteiger partial charge in [0.25, 0.3) is 0 Å². The molecule has 0 fully saturated rings. The molecule has 0 atom stereocenters. The molecule has 0 unspecified atom stereocenters. The van der Waals surface area contributed by atoms with Crippen LogP contribution in [0.4, 0.5) is 14.5 Å². The van der Waals surface area contributed by atoms with Crippen molar-refractivity contribution in [2.24, 2.45) is 0 Å². The van der Waals surface area contributed by atoms with Gasteiger partial charge in [0.2, 0.25) is 5.91 Å². The first-order chi connectivity index (χ1) is 7.23. The number of hydrogen-bond donors (Lipinski definition) is 1. The minimum absolute atomic E-state index is 0.282. The van der Waals surface area contributed by atoms with Crippen molar-refractivity contribution in [1.82, 2.24) is 0 Å². The fraction of sp³-hybridized carbons (Fsp3) is 0.364. The molecule has 1 amide bonds. The van der Waals surface area contributed by atoms with Gasteiger partial charge in [-0.2, -0.15) is 0 Å². The molecule has 16 heavy (non-hydrogen) atoms. The highest BCUT2D eigenvalue weighted by Gasteiger charge is 2.25. The fourth-order valence-corrected chi connectivity index (χ4v) is 1.13. The highest BCUT2D eigenvalue weighted by Crippen LogP contribution is 2.24. The lowest BCUT2D eigenvalue weighted by Gasteiger charge is -2.17. The summed E-state index contributed by atoms with van der Waals surface area (Å²) in [7, 11) is 0. The summed E-state index contributed by atoms with van der Waals surface area (Å²) in [5.41, 5.74) is -0.124. The lowest BCUT2D eigenvalue weighted by Crippen LogP contribution is -2.31. The third kappa shape index (κ3) is 2.78. The van der Waals surface area contributed by atoms with Crippen LogP contribution in [-0.4, -0.2) is 10.2 Å². The van der Waals surface area contributed by atoms with E-state index in [0.29, 0.717) is 0 Å². The Morgan fingerprint density at radius 2 is 1.94 bits per heavy atom. The van der Waals surface area contributed by atoms with Crippen LogP contribution in [0, 0.1) is 18.6 Å². The highest BCUT2D eigenvalue weighted by atomic mass is 79.9. The number of carbonyl (C=O) groups is 1. The molecule has 0 spiro atoms. The van der Waals surface area contributed by atoms with Gasteiger partial charge in [-0.3, -0.25) is 4.79 Å². The van der Waals surface area contributed by atoms with E-state index in [9.17, 15) is 13.6 Å². The van der Waals surface area contributed by atoms with Crippen LogP contribution in [0.15, 0.2) is 12.1 Å². The molecule has 1 aromatic rings. The van der Waals surface area contributed by atoms with E-state index in [0.717, 1.165) is 6.07 Å².